The van der Waals surface area contributed by atoms with Crippen LogP contribution >= 0.6 is 11.6 Å². The number of nitrogens with two attached hydrogens (primary N) is 1. The van der Waals surface area contributed by atoms with Crippen molar-refractivity contribution in [3.05, 3.63) is 34.6 Å². The van der Waals surface area contributed by atoms with Crippen LogP contribution in [0.4, 0.5) is 4.39 Å². The molecule has 0 unspecified atom stereocenters. The van der Waals surface area contributed by atoms with E-state index in [9.17, 15) is 9.18 Å². The summed E-state index contributed by atoms with van der Waals surface area (Å²) >= 11 is 5.85. The standard InChI is InChI=1S/C14H20ClFN2O/c1-4-18(9-14(2,3)8-17)13(19)10-6-5-7-11(16)12(10)15/h5-7H,4,8-9,17H2,1-3H3. The van der Waals surface area contributed by atoms with Gasteiger partial charge in [0.25, 0.3) is 5.91 Å². The van der Waals surface area contributed by atoms with Crippen LogP contribution in [0.3, 0.4) is 0 Å². The Morgan fingerprint density at radius 1 is 1.47 bits per heavy atom. The molecule has 0 atom stereocenters. The first-order valence-electron chi connectivity index (χ1n) is 6.25. The molecule has 0 spiro atoms. The van der Waals surface area contributed by atoms with Crippen molar-refractivity contribution in [3.8, 4) is 0 Å². The topological polar surface area (TPSA) is 46.3 Å². The zero-order valence-electron chi connectivity index (χ0n) is 11.5. The fourth-order valence-electron chi connectivity index (χ4n) is 1.75. The highest BCUT2D eigenvalue weighted by Gasteiger charge is 2.25. The summed E-state index contributed by atoms with van der Waals surface area (Å²) in [4.78, 5) is 14.0. The van der Waals surface area contributed by atoms with Crippen LogP contribution in [0.1, 0.15) is 31.1 Å². The molecule has 1 rings (SSSR count). The Kier molecular flexibility index (Phi) is 5.32. The number of hydrogen-bond donors (Lipinski definition) is 1. The molecule has 0 aliphatic carbocycles. The first-order valence-corrected chi connectivity index (χ1v) is 6.63. The van der Waals surface area contributed by atoms with E-state index < -0.39 is 5.82 Å². The third-order valence-electron chi connectivity index (χ3n) is 3.02. The van der Waals surface area contributed by atoms with Crippen LogP contribution in [0.15, 0.2) is 18.2 Å². The van der Waals surface area contributed by atoms with E-state index in [0.29, 0.717) is 19.6 Å². The number of amides is 1. The van der Waals surface area contributed by atoms with Crippen LogP contribution in [-0.4, -0.2) is 30.4 Å². The lowest BCUT2D eigenvalue weighted by Gasteiger charge is -2.31. The fourth-order valence-corrected chi connectivity index (χ4v) is 1.95. The molecule has 0 aliphatic heterocycles. The van der Waals surface area contributed by atoms with Crippen molar-refractivity contribution in [1.29, 1.82) is 0 Å². The SMILES string of the molecule is CCN(CC(C)(C)CN)C(=O)c1cccc(F)c1Cl. The zero-order chi connectivity index (χ0) is 14.6. The van der Waals surface area contributed by atoms with Gasteiger partial charge in [0.2, 0.25) is 0 Å². The van der Waals surface area contributed by atoms with Crippen molar-refractivity contribution in [2.75, 3.05) is 19.6 Å². The van der Waals surface area contributed by atoms with Gasteiger partial charge >= 0.3 is 0 Å². The smallest absolute Gasteiger partial charge is 0.255 e. The van der Waals surface area contributed by atoms with Crippen molar-refractivity contribution in [1.82, 2.24) is 4.90 Å². The first kappa shape index (κ1) is 15.9. The molecule has 0 radical (unpaired) electrons. The molecule has 106 valence electrons. The summed E-state index contributed by atoms with van der Waals surface area (Å²) in [5.74, 6) is -0.852. The average molecular weight is 287 g/mol. The molecule has 0 heterocycles. The summed E-state index contributed by atoms with van der Waals surface area (Å²) < 4.78 is 13.4. The summed E-state index contributed by atoms with van der Waals surface area (Å²) in [7, 11) is 0. The Labute approximate surface area is 118 Å². The summed E-state index contributed by atoms with van der Waals surface area (Å²) in [5, 5.41) is -0.128. The van der Waals surface area contributed by atoms with Crippen molar-refractivity contribution >= 4 is 17.5 Å². The van der Waals surface area contributed by atoms with E-state index in [1.54, 1.807) is 4.90 Å². The van der Waals surface area contributed by atoms with Gasteiger partial charge in [-0.15, -0.1) is 0 Å². The summed E-state index contributed by atoms with van der Waals surface area (Å²) in [5.41, 5.74) is 5.68. The van der Waals surface area contributed by atoms with E-state index in [2.05, 4.69) is 0 Å². The third-order valence-corrected chi connectivity index (χ3v) is 3.41. The predicted octanol–water partition coefficient (Wildman–Crippen LogP) is 2.93. The van der Waals surface area contributed by atoms with E-state index in [1.165, 1.54) is 18.2 Å². The molecule has 0 fully saturated rings. The minimum atomic E-state index is -0.582. The van der Waals surface area contributed by atoms with Gasteiger partial charge in [-0.25, -0.2) is 4.39 Å². The van der Waals surface area contributed by atoms with Crippen LogP contribution in [0.2, 0.25) is 5.02 Å². The van der Waals surface area contributed by atoms with E-state index in [0.717, 1.165) is 0 Å². The molecule has 19 heavy (non-hydrogen) atoms. The van der Waals surface area contributed by atoms with Gasteiger partial charge in [-0.1, -0.05) is 31.5 Å². The second-order valence-corrected chi connectivity index (χ2v) is 5.67. The summed E-state index contributed by atoms with van der Waals surface area (Å²) in [6, 6.07) is 4.25. The lowest BCUT2D eigenvalue weighted by Crippen LogP contribution is -2.42. The van der Waals surface area contributed by atoms with Crippen molar-refractivity contribution in [2.45, 2.75) is 20.8 Å². The maximum absolute atomic E-state index is 13.4. The van der Waals surface area contributed by atoms with Crippen LogP contribution in [0.5, 0.6) is 0 Å². The van der Waals surface area contributed by atoms with Gasteiger partial charge in [0, 0.05) is 13.1 Å². The quantitative estimate of drug-likeness (QED) is 0.905. The molecular weight excluding hydrogens is 267 g/mol. The van der Waals surface area contributed by atoms with Gasteiger partial charge in [-0.05, 0) is 31.0 Å². The average Bonchev–Trinajstić information content (AvgIpc) is 2.38. The number of nitrogens with zero attached hydrogens (tertiary/aromatic N) is 1. The highest BCUT2D eigenvalue weighted by atomic mass is 35.5. The molecule has 0 saturated heterocycles. The number of rotatable bonds is 5. The Bertz CT molecular complexity index is 463. The van der Waals surface area contributed by atoms with E-state index in [-0.39, 0.29) is 21.9 Å². The highest BCUT2D eigenvalue weighted by Crippen LogP contribution is 2.23. The van der Waals surface area contributed by atoms with Gasteiger partial charge in [0.1, 0.15) is 5.82 Å². The van der Waals surface area contributed by atoms with Crippen molar-refractivity contribution in [2.24, 2.45) is 11.1 Å². The predicted molar refractivity (Wildman–Crippen MR) is 75.8 cm³/mol. The Hall–Kier alpha value is -1.13. The van der Waals surface area contributed by atoms with Gasteiger partial charge < -0.3 is 10.6 Å². The van der Waals surface area contributed by atoms with Crippen molar-refractivity contribution in [3.63, 3.8) is 0 Å². The van der Waals surface area contributed by atoms with E-state index in [4.69, 9.17) is 17.3 Å². The van der Waals surface area contributed by atoms with Crippen LogP contribution in [0.25, 0.3) is 0 Å². The largest absolute Gasteiger partial charge is 0.338 e. The molecular formula is C14H20ClFN2O. The molecule has 2 N–H and O–H groups in total. The molecule has 0 aliphatic rings. The lowest BCUT2D eigenvalue weighted by atomic mass is 9.93. The highest BCUT2D eigenvalue weighted by molar-refractivity contribution is 6.34. The molecule has 3 nitrogen and oxygen atoms in total. The minimum absolute atomic E-state index is 0.128. The second kappa shape index (κ2) is 6.35. The van der Waals surface area contributed by atoms with E-state index >= 15 is 0 Å². The third kappa shape index (κ3) is 3.91. The molecule has 0 aromatic heterocycles. The normalized spacial score (nSPS) is 11.5. The number of carbonyl (C=O) groups is 1. The maximum Gasteiger partial charge on any atom is 0.255 e. The van der Waals surface area contributed by atoms with Crippen molar-refractivity contribution < 1.29 is 9.18 Å². The molecule has 1 aromatic carbocycles. The molecule has 0 bridgehead atoms. The number of carbonyl (C=O) groups excluding carboxylic acids is 1. The molecule has 5 heteroatoms. The van der Waals surface area contributed by atoms with E-state index in [1.807, 2.05) is 20.8 Å². The number of halogens is 2. The second-order valence-electron chi connectivity index (χ2n) is 5.29. The van der Waals surface area contributed by atoms with Crippen LogP contribution in [-0.2, 0) is 0 Å². The maximum atomic E-state index is 13.4. The van der Waals surface area contributed by atoms with Gasteiger partial charge in [0.15, 0.2) is 0 Å². The first-order chi connectivity index (χ1) is 8.82. The monoisotopic (exact) mass is 286 g/mol. The molecule has 1 amide bonds. The Morgan fingerprint density at radius 2 is 2.11 bits per heavy atom. The fraction of sp³-hybridized carbons (Fsp3) is 0.500. The van der Waals surface area contributed by atoms with Gasteiger partial charge in [0.05, 0.1) is 10.6 Å². The lowest BCUT2D eigenvalue weighted by molar-refractivity contribution is 0.0700. The van der Waals surface area contributed by atoms with Gasteiger partial charge in [-0.2, -0.15) is 0 Å². The summed E-state index contributed by atoms with van der Waals surface area (Å²) in [6.07, 6.45) is 0. The summed E-state index contributed by atoms with van der Waals surface area (Å²) in [6.45, 7) is 7.33. The Morgan fingerprint density at radius 3 is 2.63 bits per heavy atom. The zero-order valence-corrected chi connectivity index (χ0v) is 12.3. The Balaban J connectivity index is 2.99. The van der Waals surface area contributed by atoms with Crippen LogP contribution < -0.4 is 5.73 Å². The van der Waals surface area contributed by atoms with Crippen LogP contribution in [0, 0.1) is 11.2 Å². The molecule has 1 aromatic rings. The minimum Gasteiger partial charge on any atom is -0.338 e. The number of benzene rings is 1. The molecule has 0 saturated carbocycles. The van der Waals surface area contributed by atoms with Gasteiger partial charge in [-0.3, -0.25) is 4.79 Å². The number of hydrogen-bond acceptors (Lipinski definition) is 2.